The van der Waals surface area contributed by atoms with E-state index in [1.54, 1.807) is 0 Å². The summed E-state index contributed by atoms with van der Waals surface area (Å²) in [7, 11) is 0. The summed E-state index contributed by atoms with van der Waals surface area (Å²) in [5, 5.41) is 15.5. The fourth-order valence-electron chi connectivity index (χ4n) is 2.65. The number of fused-ring (bicyclic) bond motifs is 1. The van der Waals surface area contributed by atoms with Crippen LogP contribution in [0, 0.1) is 0 Å². The van der Waals surface area contributed by atoms with Crippen molar-refractivity contribution in [3.63, 3.8) is 0 Å². The smallest absolute Gasteiger partial charge is 0.196 e. The maximum atomic E-state index is 9.92. The van der Waals surface area contributed by atoms with Crippen LogP contribution in [0.5, 0.6) is 5.75 Å². The highest BCUT2D eigenvalue weighted by atomic mass is 16.4. The molecule has 0 bridgehead atoms. The minimum atomic E-state index is 0.107. The minimum Gasteiger partial charge on any atom is -0.504 e. The molecule has 2 heterocycles. The van der Waals surface area contributed by atoms with E-state index in [1.807, 2.05) is 47.1 Å². The monoisotopic (exact) mass is 290 g/mol. The van der Waals surface area contributed by atoms with Gasteiger partial charge < -0.3 is 9.52 Å². The number of nitrogens with zero attached hydrogens (tertiary/aromatic N) is 2. The molecule has 4 nitrogen and oxygen atoms in total. The van der Waals surface area contributed by atoms with E-state index in [0.29, 0.717) is 18.0 Å². The van der Waals surface area contributed by atoms with Crippen molar-refractivity contribution in [1.82, 2.24) is 9.78 Å². The van der Waals surface area contributed by atoms with Gasteiger partial charge in [-0.3, -0.25) is 4.68 Å². The Morgan fingerprint density at radius 1 is 0.955 bits per heavy atom. The molecule has 1 N–H and O–H groups in total. The quantitative estimate of drug-likeness (QED) is 0.619. The van der Waals surface area contributed by atoms with Gasteiger partial charge in [0.15, 0.2) is 11.5 Å². The van der Waals surface area contributed by atoms with Crippen molar-refractivity contribution >= 4 is 10.9 Å². The molecule has 0 fully saturated rings. The van der Waals surface area contributed by atoms with Gasteiger partial charge in [-0.1, -0.05) is 48.5 Å². The summed E-state index contributed by atoms with van der Waals surface area (Å²) in [5.41, 5.74) is 2.84. The molecular weight excluding hydrogens is 276 g/mol. The Balaban J connectivity index is 1.88. The molecule has 0 aliphatic heterocycles. The number of aromatic hydroxyl groups is 1. The Morgan fingerprint density at radius 3 is 2.50 bits per heavy atom. The van der Waals surface area contributed by atoms with Crippen LogP contribution in [-0.2, 0) is 6.54 Å². The molecule has 0 unspecified atom stereocenters. The largest absolute Gasteiger partial charge is 0.504 e. The highest BCUT2D eigenvalue weighted by Crippen LogP contribution is 2.34. The lowest BCUT2D eigenvalue weighted by molar-refractivity contribution is 0.464. The summed E-state index contributed by atoms with van der Waals surface area (Å²) in [4.78, 5) is 0. The molecular formula is C18H14N2O2. The van der Waals surface area contributed by atoms with Gasteiger partial charge in [0.1, 0.15) is 5.69 Å². The van der Waals surface area contributed by atoms with Crippen molar-refractivity contribution in [2.45, 2.75) is 6.54 Å². The number of para-hydroxylation sites is 1. The number of aromatic nitrogens is 2. The van der Waals surface area contributed by atoms with Crippen LogP contribution < -0.4 is 0 Å². The molecule has 0 radical (unpaired) electrons. The van der Waals surface area contributed by atoms with Crippen LogP contribution in [0.25, 0.3) is 22.4 Å². The summed E-state index contributed by atoms with van der Waals surface area (Å²) in [6.45, 7) is 0.669. The van der Waals surface area contributed by atoms with E-state index in [2.05, 4.69) is 17.2 Å². The molecule has 0 saturated heterocycles. The average Bonchev–Trinajstić information content (AvgIpc) is 3.13. The Kier molecular flexibility index (Phi) is 2.93. The van der Waals surface area contributed by atoms with Gasteiger partial charge >= 0.3 is 0 Å². The Labute approximate surface area is 127 Å². The van der Waals surface area contributed by atoms with Gasteiger partial charge in [-0.05, 0) is 11.6 Å². The van der Waals surface area contributed by atoms with Crippen molar-refractivity contribution in [3.05, 3.63) is 72.5 Å². The molecule has 0 amide bonds. The van der Waals surface area contributed by atoms with Crippen LogP contribution in [0.2, 0.25) is 0 Å². The number of rotatable bonds is 3. The van der Waals surface area contributed by atoms with E-state index in [4.69, 9.17) is 4.42 Å². The molecule has 4 rings (SSSR count). The number of benzene rings is 2. The van der Waals surface area contributed by atoms with Gasteiger partial charge in [-0.25, -0.2) is 0 Å². The molecule has 2 aromatic carbocycles. The number of furan rings is 1. The average molecular weight is 290 g/mol. The van der Waals surface area contributed by atoms with Gasteiger partial charge in [0.25, 0.3) is 0 Å². The van der Waals surface area contributed by atoms with Gasteiger partial charge in [-0.2, -0.15) is 5.10 Å². The predicted octanol–water partition coefficient (Wildman–Crippen LogP) is 4.05. The van der Waals surface area contributed by atoms with Crippen LogP contribution in [0.3, 0.4) is 0 Å². The van der Waals surface area contributed by atoms with Crippen LogP contribution in [-0.4, -0.2) is 14.9 Å². The molecule has 2 aromatic heterocycles. The molecule has 0 aliphatic carbocycles. The molecule has 4 aromatic rings. The summed E-state index contributed by atoms with van der Waals surface area (Å²) in [6, 6.07) is 19.6. The Bertz CT molecular complexity index is 923. The van der Waals surface area contributed by atoms with E-state index in [-0.39, 0.29) is 5.75 Å². The lowest BCUT2D eigenvalue weighted by Gasteiger charge is -2.03. The first-order valence-corrected chi connectivity index (χ1v) is 7.09. The lowest BCUT2D eigenvalue weighted by atomic mass is 10.1. The zero-order chi connectivity index (χ0) is 14.9. The summed E-state index contributed by atoms with van der Waals surface area (Å²) in [6.07, 6.45) is 1.47. The minimum absolute atomic E-state index is 0.107. The van der Waals surface area contributed by atoms with E-state index in [1.165, 1.54) is 17.9 Å². The Morgan fingerprint density at radius 2 is 1.73 bits per heavy atom. The maximum absolute atomic E-state index is 9.92. The van der Waals surface area contributed by atoms with Crippen LogP contribution in [0.4, 0.5) is 0 Å². The normalized spacial score (nSPS) is 11.1. The van der Waals surface area contributed by atoms with Crippen molar-refractivity contribution in [1.29, 1.82) is 0 Å². The molecule has 4 heteroatoms. The molecule has 0 atom stereocenters. The second kappa shape index (κ2) is 5.07. The van der Waals surface area contributed by atoms with E-state index in [9.17, 15) is 5.11 Å². The zero-order valence-electron chi connectivity index (χ0n) is 11.8. The molecule has 22 heavy (non-hydrogen) atoms. The van der Waals surface area contributed by atoms with Gasteiger partial charge in [0, 0.05) is 11.5 Å². The third kappa shape index (κ3) is 2.05. The first-order valence-electron chi connectivity index (χ1n) is 7.09. The summed E-state index contributed by atoms with van der Waals surface area (Å²) in [5.74, 6) is 0.512. The third-order valence-electron chi connectivity index (χ3n) is 3.69. The van der Waals surface area contributed by atoms with Gasteiger partial charge in [0.05, 0.1) is 18.3 Å². The first kappa shape index (κ1) is 12.7. The van der Waals surface area contributed by atoms with Gasteiger partial charge in [0.2, 0.25) is 0 Å². The number of hydrogen-bond acceptors (Lipinski definition) is 3. The van der Waals surface area contributed by atoms with Crippen molar-refractivity contribution in [2.24, 2.45) is 0 Å². The first-order chi connectivity index (χ1) is 10.8. The summed E-state index contributed by atoms with van der Waals surface area (Å²) < 4.78 is 7.33. The van der Waals surface area contributed by atoms with Crippen molar-refractivity contribution < 1.29 is 9.52 Å². The standard InChI is InChI=1S/C18H14N2O2/c21-16-10-11-22-18(16)17-14-8-4-5-9-15(14)20(19-17)12-13-6-2-1-3-7-13/h1-11,21H,12H2. The lowest BCUT2D eigenvalue weighted by Crippen LogP contribution is -2.01. The van der Waals surface area contributed by atoms with Crippen molar-refractivity contribution in [3.8, 4) is 17.2 Å². The maximum Gasteiger partial charge on any atom is 0.196 e. The Hall–Kier alpha value is -3.01. The predicted molar refractivity (Wildman–Crippen MR) is 84.6 cm³/mol. The molecule has 0 aliphatic rings. The topological polar surface area (TPSA) is 51.2 Å². The highest BCUT2D eigenvalue weighted by molar-refractivity contribution is 5.93. The molecule has 0 spiro atoms. The van der Waals surface area contributed by atoms with Crippen LogP contribution in [0.1, 0.15) is 5.56 Å². The van der Waals surface area contributed by atoms with Crippen molar-refractivity contribution in [2.75, 3.05) is 0 Å². The molecule has 0 saturated carbocycles. The van der Waals surface area contributed by atoms with E-state index >= 15 is 0 Å². The fourth-order valence-corrected chi connectivity index (χ4v) is 2.65. The van der Waals surface area contributed by atoms with Gasteiger partial charge in [-0.15, -0.1) is 0 Å². The second-order valence-corrected chi connectivity index (χ2v) is 5.14. The van der Waals surface area contributed by atoms with E-state index < -0.39 is 0 Å². The number of hydrogen-bond donors (Lipinski definition) is 1. The second-order valence-electron chi connectivity index (χ2n) is 5.14. The van der Waals surface area contributed by atoms with E-state index in [0.717, 1.165) is 10.9 Å². The SMILES string of the molecule is Oc1ccoc1-c1nn(Cc2ccccc2)c2ccccc12. The third-order valence-corrected chi connectivity index (χ3v) is 3.69. The molecule has 108 valence electrons. The summed E-state index contributed by atoms with van der Waals surface area (Å²) >= 11 is 0. The van der Waals surface area contributed by atoms with Crippen LogP contribution in [0.15, 0.2) is 71.3 Å². The van der Waals surface area contributed by atoms with Crippen LogP contribution >= 0.6 is 0 Å². The highest BCUT2D eigenvalue weighted by Gasteiger charge is 2.17. The fraction of sp³-hybridized carbons (Fsp3) is 0.0556. The zero-order valence-corrected chi connectivity index (χ0v) is 11.8.